The molecule has 11 rings (SSSR count). The van der Waals surface area contributed by atoms with Crippen LogP contribution in [0.5, 0.6) is 0 Å². The second-order valence-electron chi connectivity index (χ2n) is 13.8. The molecule has 0 radical (unpaired) electrons. The molecule has 3 nitrogen and oxygen atoms in total. The van der Waals surface area contributed by atoms with Crippen LogP contribution in [-0.2, 0) is 6.42 Å². The van der Waals surface area contributed by atoms with Gasteiger partial charge in [0.2, 0.25) is 0 Å². The number of fused-ring (bicyclic) bond motifs is 10. The smallest absolute Gasteiger partial charge is 0.160 e. The first-order valence-electron chi connectivity index (χ1n) is 18.1. The maximum absolute atomic E-state index is 5.32. The van der Waals surface area contributed by atoms with E-state index in [-0.39, 0.29) is 0 Å². The summed E-state index contributed by atoms with van der Waals surface area (Å²) in [6, 6.07) is 58.7. The Morgan fingerprint density at radius 3 is 2.07 bits per heavy atom. The predicted octanol–water partition coefficient (Wildman–Crippen LogP) is 13.9. The average molecular weight is 726 g/mol. The Balaban J connectivity index is 1.08. The highest BCUT2D eigenvalue weighted by atomic mass is 32.1. The third-order valence-corrected chi connectivity index (χ3v) is 13.0. The maximum atomic E-state index is 5.32. The molecule has 0 spiro atoms. The number of thiophene rings is 2. The van der Waals surface area contributed by atoms with Crippen LogP contribution in [-0.4, -0.2) is 9.97 Å². The van der Waals surface area contributed by atoms with Crippen molar-refractivity contribution in [2.45, 2.75) is 6.42 Å². The molecule has 1 aliphatic heterocycles. The molecule has 0 bridgehead atoms. The summed E-state index contributed by atoms with van der Waals surface area (Å²) in [7, 11) is 0. The van der Waals surface area contributed by atoms with Crippen molar-refractivity contribution >= 4 is 80.9 Å². The molecule has 0 unspecified atom stereocenters. The Hall–Kier alpha value is -6.40. The highest BCUT2D eigenvalue weighted by molar-refractivity contribution is 7.26. The fourth-order valence-corrected chi connectivity index (χ4v) is 10.4. The van der Waals surface area contributed by atoms with E-state index in [1.54, 1.807) is 11.3 Å². The summed E-state index contributed by atoms with van der Waals surface area (Å²) >= 11 is 3.58. The van der Waals surface area contributed by atoms with E-state index in [4.69, 9.17) is 16.5 Å². The Morgan fingerprint density at radius 1 is 0.556 bits per heavy atom. The van der Waals surface area contributed by atoms with Crippen LogP contribution in [0.2, 0.25) is 0 Å². The third-order valence-electron chi connectivity index (χ3n) is 10.7. The van der Waals surface area contributed by atoms with E-state index in [0.29, 0.717) is 5.82 Å². The first kappa shape index (κ1) is 31.2. The molecule has 7 aromatic carbocycles. The molecule has 0 fully saturated rings. The van der Waals surface area contributed by atoms with Gasteiger partial charge in [0.05, 0.1) is 26.5 Å². The number of rotatable bonds is 3. The van der Waals surface area contributed by atoms with Gasteiger partial charge in [-0.05, 0) is 76.0 Å². The average Bonchev–Trinajstić information content (AvgIpc) is 3.81. The second-order valence-corrected chi connectivity index (χ2v) is 15.9. The molecule has 54 heavy (non-hydrogen) atoms. The van der Waals surface area contributed by atoms with Crippen LogP contribution >= 0.6 is 22.7 Å². The monoisotopic (exact) mass is 725 g/mol. The lowest BCUT2D eigenvalue weighted by Gasteiger charge is -2.29. The van der Waals surface area contributed by atoms with E-state index in [0.717, 1.165) is 55.9 Å². The third kappa shape index (κ3) is 4.93. The summed E-state index contributed by atoms with van der Waals surface area (Å²) in [4.78, 5) is 14.1. The molecule has 0 N–H and O–H groups in total. The lowest BCUT2D eigenvalue weighted by atomic mass is 9.93. The largest absolute Gasteiger partial charge is 0.309 e. The van der Waals surface area contributed by atoms with Gasteiger partial charge in [-0.2, -0.15) is 0 Å². The summed E-state index contributed by atoms with van der Waals surface area (Å²) < 4.78 is 3.58. The zero-order valence-corrected chi connectivity index (χ0v) is 30.8. The predicted molar refractivity (Wildman–Crippen MR) is 231 cm³/mol. The van der Waals surface area contributed by atoms with Crippen molar-refractivity contribution in [3.05, 3.63) is 186 Å². The molecule has 10 aromatic rings. The quantitative estimate of drug-likeness (QED) is 0.182. The number of para-hydroxylation sites is 1. The lowest BCUT2D eigenvalue weighted by Crippen LogP contribution is -2.15. The van der Waals surface area contributed by atoms with Gasteiger partial charge in [-0.15, -0.1) is 22.7 Å². The van der Waals surface area contributed by atoms with Gasteiger partial charge in [0.25, 0.3) is 0 Å². The molecule has 0 saturated heterocycles. The van der Waals surface area contributed by atoms with Crippen molar-refractivity contribution in [3.8, 4) is 33.8 Å². The van der Waals surface area contributed by atoms with E-state index in [1.807, 2.05) is 11.3 Å². The number of aromatic nitrogens is 2. The number of nitrogens with zero attached hydrogens (tertiary/aromatic N) is 3. The van der Waals surface area contributed by atoms with Crippen LogP contribution in [0.15, 0.2) is 170 Å². The fourth-order valence-electron chi connectivity index (χ4n) is 8.07. The number of benzene rings is 7. The molecule has 254 valence electrons. The minimum absolute atomic E-state index is 0.715. The molecule has 0 amide bonds. The van der Waals surface area contributed by atoms with Gasteiger partial charge in [-0.1, -0.05) is 122 Å². The van der Waals surface area contributed by atoms with Crippen LogP contribution in [0.4, 0.5) is 11.4 Å². The summed E-state index contributed by atoms with van der Waals surface area (Å²) in [5.41, 5.74) is 12.3. The van der Waals surface area contributed by atoms with Crippen LogP contribution in [0.3, 0.4) is 0 Å². The molecule has 3 aromatic heterocycles. The van der Waals surface area contributed by atoms with Crippen LogP contribution in [0.25, 0.3) is 80.6 Å². The van der Waals surface area contributed by atoms with Gasteiger partial charge in [0, 0.05) is 54.7 Å². The molecule has 5 heteroatoms. The standard InChI is InChI=1S/C49H31N3S2/c1-30-47-44(39-17-7-10-20-42(39)53-47)38-16-6-4-14-34(38)29-35-15-5-9-19-41(35)52(30)37-26-24-32(25-27-37)49-50-45(36-23-22-31-12-2-3-13-33(31)28-36)48-46(51-49)40-18-8-11-21-43(40)54-48/h2-28H,1,29H2. The van der Waals surface area contributed by atoms with Crippen molar-refractivity contribution in [1.82, 2.24) is 9.97 Å². The van der Waals surface area contributed by atoms with Gasteiger partial charge < -0.3 is 4.90 Å². The molecular weight excluding hydrogens is 695 g/mol. The summed E-state index contributed by atoms with van der Waals surface area (Å²) in [6.07, 6.45) is 0.817. The van der Waals surface area contributed by atoms with Gasteiger partial charge in [0.15, 0.2) is 5.82 Å². The minimum atomic E-state index is 0.715. The first-order valence-corrected chi connectivity index (χ1v) is 19.8. The number of hydrogen-bond acceptors (Lipinski definition) is 5. The normalized spacial score (nSPS) is 12.7. The highest BCUT2D eigenvalue weighted by Crippen LogP contribution is 2.49. The van der Waals surface area contributed by atoms with Gasteiger partial charge in [-0.25, -0.2) is 9.97 Å². The SMILES string of the molecule is C=C1c2sc3ccccc3c2-c2ccccc2Cc2ccccc2N1c1ccc(-c2nc(-c3ccc4ccccc4c3)c3sc4ccccc4c3n2)cc1. The molecule has 0 atom stereocenters. The zero-order chi connectivity index (χ0) is 35.8. The molecule has 0 aliphatic carbocycles. The summed E-state index contributed by atoms with van der Waals surface area (Å²) in [5.74, 6) is 0.715. The maximum Gasteiger partial charge on any atom is 0.160 e. The zero-order valence-electron chi connectivity index (χ0n) is 29.2. The Morgan fingerprint density at radius 2 is 1.22 bits per heavy atom. The molecule has 1 aliphatic rings. The summed E-state index contributed by atoms with van der Waals surface area (Å²) in [5, 5.41) is 4.84. The lowest BCUT2D eigenvalue weighted by molar-refractivity contribution is 1.17. The highest BCUT2D eigenvalue weighted by Gasteiger charge is 2.27. The second kappa shape index (κ2) is 12.3. The van der Waals surface area contributed by atoms with Gasteiger partial charge >= 0.3 is 0 Å². The van der Waals surface area contributed by atoms with E-state index >= 15 is 0 Å². The fraction of sp³-hybridized carbons (Fsp3) is 0.0204. The van der Waals surface area contributed by atoms with E-state index < -0.39 is 0 Å². The molecule has 0 saturated carbocycles. The van der Waals surface area contributed by atoms with E-state index in [2.05, 4.69) is 169 Å². The van der Waals surface area contributed by atoms with E-state index in [9.17, 15) is 0 Å². The van der Waals surface area contributed by atoms with Crippen molar-refractivity contribution in [3.63, 3.8) is 0 Å². The summed E-state index contributed by atoms with van der Waals surface area (Å²) in [6.45, 7) is 4.84. The van der Waals surface area contributed by atoms with Crippen molar-refractivity contribution < 1.29 is 0 Å². The Labute approximate surface area is 320 Å². The van der Waals surface area contributed by atoms with E-state index in [1.165, 1.54) is 52.7 Å². The van der Waals surface area contributed by atoms with Gasteiger partial charge in [0.1, 0.15) is 0 Å². The molecule has 4 heterocycles. The minimum Gasteiger partial charge on any atom is -0.309 e. The van der Waals surface area contributed by atoms with Gasteiger partial charge in [-0.3, -0.25) is 0 Å². The van der Waals surface area contributed by atoms with Crippen LogP contribution in [0.1, 0.15) is 16.0 Å². The number of anilines is 2. The first-order chi connectivity index (χ1) is 26.7. The van der Waals surface area contributed by atoms with Crippen molar-refractivity contribution in [1.29, 1.82) is 0 Å². The van der Waals surface area contributed by atoms with Crippen molar-refractivity contribution in [2.24, 2.45) is 0 Å². The topological polar surface area (TPSA) is 29.0 Å². The van der Waals surface area contributed by atoms with Crippen LogP contribution < -0.4 is 4.90 Å². The van der Waals surface area contributed by atoms with Crippen LogP contribution in [0, 0.1) is 0 Å². The van der Waals surface area contributed by atoms with Crippen molar-refractivity contribution in [2.75, 3.05) is 4.90 Å². The Kier molecular flexibility index (Phi) is 7.12. The molecular formula is C49H31N3S2. The Bertz CT molecular complexity index is 3120. The number of hydrogen-bond donors (Lipinski definition) is 0.